The number of aromatic hydroxyl groups is 1. The molecule has 140 valence electrons. The lowest BCUT2D eigenvalue weighted by Crippen LogP contribution is -2.22. The molecule has 2 aromatic carbocycles. The number of carbonyl (C=O) groups is 1. The van der Waals surface area contributed by atoms with E-state index in [9.17, 15) is 9.90 Å². The number of allylic oxidation sites excluding steroid dienone is 1. The number of nitrogens with one attached hydrogen (secondary N) is 1. The fraction of sp³-hybridized carbons (Fsp3) is 0.0952. The van der Waals surface area contributed by atoms with Gasteiger partial charge in [0.2, 0.25) is 5.88 Å². The van der Waals surface area contributed by atoms with E-state index in [2.05, 4.69) is 23.4 Å². The molecule has 0 atom stereocenters. The first kappa shape index (κ1) is 18.3. The number of hydrogen-bond donors (Lipinski definition) is 2. The van der Waals surface area contributed by atoms with Crippen molar-refractivity contribution in [1.82, 2.24) is 4.68 Å². The number of amides is 1. The lowest BCUT2D eigenvalue weighted by Gasteiger charge is -2.07. The highest BCUT2D eigenvalue weighted by Crippen LogP contribution is 2.37. The van der Waals surface area contributed by atoms with E-state index in [0.29, 0.717) is 14.4 Å². The molecule has 1 aliphatic heterocycles. The second-order valence-corrected chi connectivity index (χ2v) is 7.90. The SMILES string of the molecule is CCc1cccc2c1N=CC2=Cc1sc(=S)n(NC(=O)c2ccccc2)c1O. The molecule has 7 heteroatoms. The van der Waals surface area contributed by atoms with Gasteiger partial charge in [0.1, 0.15) is 0 Å². The Kier molecular flexibility index (Phi) is 4.93. The Morgan fingerprint density at radius 1 is 1.25 bits per heavy atom. The van der Waals surface area contributed by atoms with Gasteiger partial charge in [-0.1, -0.05) is 54.7 Å². The van der Waals surface area contributed by atoms with Crippen LogP contribution in [0.3, 0.4) is 0 Å². The molecule has 4 rings (SSSR count). The summed E-state index contributed by atoms with van der Waals surface area (Å²) in [5, 5.41) is 10.6. The van der Waals surface area contributed by atoms with Crippen LogP contribution in [0.25, 0.3) is 11.6 Å². The van der Waals surface area contributed by atoms with Crippen LogP contribution in [0.15, 0.2) is 53.5 Å². The zero-order valence-electron chi connectivity index (χ0n) is 15.0. The maximum atomic E-state index is 12.4. The third kappa shape index (κ3) is 3.30. The minimum Gasteiger partial charge on any atom is -0.492 e. The number of rotatable bonds is 4. The van der Waals surface area contributed by atoms with Gasteiger partial charge in [-0.25, -0.2) is 0 Å². The van der Waals surface area contributed by atoms with E-state index in [1.165, 1.54) is 21.6 Å². The molecular weight excluding hydrogens is 390 g/mol. The predicted octanol–water partition coefficient (Wildman–Crippen LogP) is 5.19. The number of aryl methyl sites for hydroxylation is 1. The molecular formula is C21H17N3O2S2. The number of para-hydroxylation sites is 1. The highest BCUT2D eigenvalue weighted by atomic mass is 32.1. The Morgan fingerprint density at radius 2 is 2.04 bits per heavy atom. The summed E-state index contributed by atoms with van der Waals surface area (Å²) in [6.45, 7) is 2.10. The first-order valence-corrected chi connectivity index (χ1v) is 10.00. The van der Waals surface area contributed by atoms with Crippen molar-refractivity contribution in [1.29, 1.82) is 0 Å². The highest BCUT2D eigenvalue weighted by Gasteiger charge is 2.18. The van der Waals surface area contributed by atoms with Crippen molar-refractivity contribution < 1.29 is 9.90 Å². The molecule has 0 spiro atoms. The van der Waals surface area contributed by atoms with E-state index >= 15 is 0 Å². The fourth-order valence-corrected chi connectivity index (χ4v) is 4.23. The van der Waals surface area contributed by atoms with E-state index in [1.54, 1.807) is 30.5 Å². The van der Waals surface area contributed by atoms with Gasteiger partial charge in [0, 0.05) is 22.9 Å². The molecule has 0 aliphatic carbocycles. The fourth-order valence-electron chi connectivity index (χ4n) is 3.05. The van der Waals surface area contributed by atoms with Gasteiger partial charge in [-0.05, 0) is 42.4 Å². The van der Waals surface area contributed by atoms with Crippen LogP contribution in [-0.4, -0.2) is 21.9 Å². The highest BCUT2D eigenvalue weighted by molar-refractivity contribution is 7.73. The minimum atomic E-state index is -0.343. The molecule has 28 heavy (non-hydrogen) atoms. The van der Waals surface area contributed by atoms with Crippen molar-refractivity contribution in [3.8, 4) is 5.88 Å². The standard InChI is InChI=1S/C21H17N3O2S2/c1-2-13-9-6-10-16-15(12-22-18(13)16)11-17-20(26)24(21(27)28-17)23-19(25)14-7-4-3-5-8-14/h3-12,26H,2H2,1H3,(H,23,25). The van der Waals surface area contributed by atoms with Crippen LogP contribution in [0.5, 0.6) is 5.88 Å². The van der Waals surface area contributed by atoms with E-state index < -0.39 is 0 Å². The molecule has 0 radical (unpaired) electrons. The number of nitrogens with zero attached hydrogens (tertiary/aromatic N) is 2. The maximum absolute atomic E-state index is 12.4. The average molecular weight is 408 g/mol. The van der Waals surface area contributed by atoms with Crippen molar-refractivity contribution in [2.45, 2.75) is 13.3 Å². The molecule has 0 unspecified atom stereocenters. The van der Waals surface area contributed by atoms with Gasteiger partial charge in [0.15, 0.2) is 3.95 Å². The van der Waals surface area contributed by atoms with Crippen molar-refractivity contribution in [2.75, 3.05) is 5.43 Å². The van der Waals surface area contributed by atoms with Gasteiger partial charge in [0.05, 0.1) is 10.6 Å². The van der Waals surface area contributed by atoms with Crippen LogP contribution < -0.4 is 5.43 Å². The molecule has 1 aromatic heterocycles. The molecule has 1 amide bonds. The maximum Gasteiger partial charge on any atom is 0.270 e. The molecule has 1 aliphatic rings. The summed E-state index contributed by atoms with van der Waals surface area (Å²) in [5.74, 6) is -0.440. The molecule has 3 aromatic rings. The van der Waals surface area contributed by atoms with Crippen molar-refractivity contribution in [2.24, 2.45) is 4.99 Å². The number of carbonyl (C=O) groups excluding carboxylic acids is 1. The van der Waals surface area contributed by atoms with Crippen molar-refractivity contribution in [3.05, 3.63) is 74.1 Å². The van der Waals surface area contributed by atoms with E-state index in [0.717, 1.165) is 23.2 Å². The van der Waals surface area contributed by atoms with Gasteiger partial charge in [-0.15, -0.1) is 0 Å². The van der Waals surface area contributed by atoms with Crippen LogP contribution in [0.2, 0.25) is 0 Å². The monoisotopic (exact) mass is 407 g/mol. The van der Waals surface area contributed by atoms with Crippen LogP contribution in [-0.2, 0) is 6.42 Å². The molecule has 0 bridgehead atoms. The van der Waals surface area contributed by atoms with Gasteiger partial charge in [0.25, 0.3) is 5.91 Å². The van der Waals surface area contributed by atoms with Crippen LogP contribution >= 0.6 is 23.6 Å². The Morgan fingerprint density at radius 3 is 2.79 bits per heavy atom. The summed E-state index contributed by atoms with van der Waals surface area (Å²) >= 11 is 6.56. The van der Waals surface area contributed by atoms with E-state index in [-0.39, 0.29) is 11.8 Å². The van der Waals surface area contributed by atoms with Gasteiger partial charge in [-0.2, -0.15) is 4.68 Å². The summed E-state index contributed by atoms with van der Waals surface area (Å²) in [5.41, 5.74) is 7.21. The van der Waals surface area contributed by atoms with Crippen LogP contribution in [0.4, 0.5) is 5.69 Å². The van der Waals surface area contributed by atoms with Gasteiger partial charge in [-0.3, -0.25) is 15.2 Å². The molecule has 2 heterocycles. The molecule has 5 nitrogen and oxygen atoms in total. The molecule has 0 fully saturated rings. The molecule has 2 N–H and O–H groups in total. The lowest BCUT2D eigenvalue weighted by atomic mass is 10.0. The van der Waals surface area contributed by atoms with Crippen LogP contribution in [0, 0.1) is 3.95 Å². The Balaban J connectivity index is 1.67. The average Bonchev–Trinajstić information content (AvgIpc) is 3.25. The topological polar surface area (TPSA) is 66.6 Å². The number of fused-ring (bicyclic) bond motifs is 1. The Hall–Kier alpha value is -3.03. The first-order valence-electron chi connectivity index (χ1n) is 8.77. The predicted molar refractivity (Wildman–Crippen MR) is 117 cm³/mol. The summed E-state index contributed by atoms with van der Waals surface area (Å²) in [6, 6.07) is 14.9. The second kappa shape index (κ2) is 7.53. The summed E-state index contributed by atoms with van der Waals surface area (Å²) in [4.78, 5) is 17.5. The number of thiazole rings is 1. The Labute approximate surface area is 171 Å². The first-order chi connectivity index (χ1) is 13.6. The summed E-state index contributed by atoms with van der Waals surface area (Å²) < 4.78 is 1.59. The van der Waals surface area contributed by atoms with Crippen molar-refractivity contribution in [3.63, 3.8) is 0 Å². The third-order valence-electron chi connectivity index (χ3n) is 4.49. The normalized spacial score (nSPS) is 13.7. The number of benzene rings is 2. The smallest absolute Gasteiger partial charge is 0.270 e. The minimum absolute atomic E-state index is 0.0970. The van der Waals surface area contributed by atoms with Crippen LogP contribution in [0.1, 0.15) is 33.3 Å². The Bertz CT molecular complexity index is 1170. The number of hydrogen-bond acceptors (Lipinski definition) is 5. The molecule has 0 saturated heterocycles. The summed E-state index contributed by atoms with van der Waals surface area (Å²) in [6.07, 6.45) is 4.54. The van der Waals surface area contributed by atoms with Gasteiger partial charge >= 0.3 is 0 Å². The third-order valence-corrected chi connectivity index (χ3v) is 5.80. The summed E-state index contributed by atoms with van der Waals surface area (Å²) in [7, 11) is 0. The zero-order chi connectivity index (χ0) is 19.7. The number of aromatic nitrogens is 1. The quantitative estimate of drug-likeness (QED) is 0.585. The van der Waals surface area contributed by atoms with E-state index in [4.69, 9.17) is 12.2 Å². The second-order valence-electron chi connectivity index (χ2n) is 6.22. The number of aliphatic imine (C=N–C) groups is 1. The lowest BCUT2D eigenvalue weighted by molar-refractivity contribution is 0.101. The zero-order valence-corrected chi connectivity index (χ0v) is 16.7. The van der Waals surface area contributed by atoms with E-state index in [1.807, 2.05) is 24.3 Å². The van der Waals surface area contributed by atoms with Gasteiger partial charge < -0.3 is 5.11 Å². The molecule has 0 saturated carbocycles. The van der Waals surface area contributed by atoms with Crippen molar-refractivity contribution >= 4 is 53.0 Å². The largest absolute Gasteiger partial charge is 0.492 e.